The highest BCUT2D eigenvalue weighted by Gasteiger charge is 2.13. The van der Waals surface area contributed by atoms with E-state index < -0.39 is 0 Å². The zero-order valence-corrected chi connectivity index (χ0v) is 11.3. The van der Waals surface area contributed by atoms with Crippen molar-refractivity contribution in [2.75, 3.05) is 6.54 Å². The van der Waals surface area contributed by atoms with E-state index in [2.05, 4.69) is 12.2 Å². The minimum atomic E-state index is -0.145. The van der Waals surface area contributed by atoms with E-state index in [-0.39, 0.29) is 11.9 Å². The van der Waals surface area contributed by atoms with E-state index in [1.54, 1.807) is 12.1 Å². The van der Waals surface area contributed by atoms with Gasteiger partial charge in [-0.2, -0.15) is 0 Å². The summed E-state index contributed by atoms with van der Waals surface area (Å²) in [5.41, 5.74) is 1.04. The summed E-state index contributed by atoms with van der Waals surface area (Å²) in [5, 5.41) is 3.51. The molecule has 0 saturated heterocycles. The number of nitrogens with one attached hydrogen (secondary N) is 1. The van der Waals surface area contributed by atoms with Crippen molar-refractivity contribution in [3.05, 3.63) is 35.6 Å². The van der Waals surface area contributed by atoms with Crippen LogP contribution >= 0.6 is 0 Å². The lowest BCUT2D eigenvalue weighted by Crippen LogP contribution is -2.22. The molecule has 0 heterocycles. The molecule has 1 nitrogen and oxygen atoms in total. The van der Waals surface area contributed by atoms with Gasteiger partial charge in [-0.25, -0.2) is 4.39 Å². The lowest BCUT2D eigenvalue weighted by atomic mass is 9.87. The van der Waals surface area contributed by atoms with Crippen molar-refractivity contribution in [2.45, 2.75) is 51.5 Å². The Bertz CT molecular complexity index is 358. The smallest absolute Gasteiger partial charge is 0.123 e. The first-order chi connectivity index (χ1) is 8.75. The van der Waals surface area contributed by atoms with Gasteiger partial charge in [-0.05, 0) is 43.5 Å². The van der Waals surface area contributed by atoms with Gasteiger partial charge in [0, 0.05) is 6.04 Å². The van der Waals surface area contributed by atoms with Gasteiger partial charge in [0.25, 0.3) is 0 Å². The van der Waals surface area contributed by atoms with Crippen LogP contribution in [0.2, 0.25) is 0 Å². The number of benzene rings is 1. The molecule has 0 radical (unpaired) electrons. The Balaban J connectivity index is 1.72. The van der Waals surface area contributed by atoms with Crippen LogP contribution in [0.5, 0.6) is 0 Å². The predicted octanol–water partition coefficient (Wildman–Crippen LogP) is 4.45. The second-order valence-corrected chi connectivity index (χ2v) is 5.52. The molecule has 1 saturated carbocycles. The highest BCUT2D eigenvalue weighted by atomic mass is 19.1. The van der Waals surface area contributed by atoms with Gasteiger partial charge < -0.3 is 5.32 Å². The summed E-state index contributed by atoms with van der Waals surface area (Å²) in [4.78, 5) is 0. The van der Waals surface area contributed by atoms with Crippen molar-refractivity contribution < 1.29 is 4.39 Å². The third-order valence-corrected chi connectivity index (χ3v) is 4.08. The predicted molar refractivity (Wildman–Crippen MR) is 74.0 cm³/mol. The van der Waals surface area contributed by atoms with Crippen molar-refractivity contribution >= 4 is 0 Å². The average Bonchev–Trinajstić information content (AvgIpc) is 2.40. The SMILES string of the molecule is C[C@H](NCCC1CCCCC1)c1cccc(F)c1. The molecule has 0 unspecified atom stereocenters. The average molecular weight is 249 g/mol. The van der Waals surface area contributed by atoms with Crippen molar-refractivity contribution in [2.24, 2.45) is 5.92 Å². The van der Waals surface area contributed by atoms with Crippen LogP contribution in [0.4, 0.5) is 4.39 Å². The van der Waals surface area contributed by atoms with Crippen molar-refractivity contribution in [1.29, 1.82) is 0 Å². The van der Waals surface area contributed by atoms with E-state index >= 15 is 0 Å². The van der Waals surface area contributed by atoms with E-state index in [4.69, 9.17) is 0 Å². The van der Waals surface area contributed by atoms with Crippen LogP contribution in [-0.4, -0.2) is 6.54 Å². The third kappa shape index (κ3) is 4.09. The maximum atomic E-state index is 13.1. The van der Waals surface area contributed by atoms with E-state index in [0.717, 1.165) is 18.0 Å². The van der Waals surface area contributed by atoms with E-state index in [0.29, 0.717) is 0 Å². The van der Waals surface area contributed by atoms with Crippen LogP contribution in [0.1, 0.15) is 57.1 Å². The Morgan fingerprint density at radius 2 is 2.06 bits per heavy atom. The van der Waals surface area contributed by atoms with Crippen LogP contribution in [0.15, 0.2) is 24.3 Å². The topological polar surface area (TPSA) is 12.0 Å². The number of hydrogen-bond donors (Lipinski definition) is 1. The Kier molecular flexibility index (Phi) is 5.18. The Labute approximate surface area is 110 Å². The molecule has 1 aliphatic carbocycles. The summed E-state index contributed by atoms with van der Waals surface area (Å²) in [5.74, 6) is 0.763. The largest absolute Gasteiger partial charge is 0.310 e. The Morgan fingerprint density at radius 3 is 2.78 bits per heavy atom. The highest BCUT2D eigenvalue weighted by molar-refractivity contribution is 5.19. The molecule has 1 fully saturated rings. The van der Waals surface area contributed by atoms with Gasteiger partial charge in [0.05, 0.1) is 0 Å². The standard InChI is InChI=1S/C16H24FN/c1-13(15-8-5-9-16(17)12-15)18-11-10-14-6-3-2-4-7-14/h5,8-9,12-14,18H,2-4,6-7,10-11H2,1H3/t13-/m0/s1. The fourth-order valence-corrected chi connectivity index (χ4v) is 2.87. The summed E-state index contributed by atoms with van der Waals surface area (Å²) in [6.45, 7) is 3.15. The molecule has 0 aliphatic heterocycles. The maximum Gasteiger partial charge on any atom is 0.123 e. The van der Waals surface area contributed by atoms with Gasteiger partial charge in [0.15, 0.2) is 0 Å². The zero-order chi connectivity index (χ0) is 12.8. The molecule has 1 N–H and O–H groups in total. The fraction of sp³-hybridized carbons (Fsp3) is 0.625. The number of hydrogen-bond acceptors (Lipinski definition) is 1. The summed E-state index contributed by atoms with van der Waals surface area (Å²) in [6.07, 6.45) is 8.30. The van der Waals surface area contributed by atoms with Crippen molar-refractivity contribution in [1.82, 2.24) is 5.32 Å². The molecule has 0 spiro atoms. The molecule has 18 heavy (non-hydrogen) atoms. The first kappa shape index (κ1) is 13.5. The summed E-state index contributed by atoms with van der Waals surface area (Å²) in [6, 6.07) is 7.13. The monoisotopic (exact) mass is 249 g/mol. The number of halogens is 1. The van der Waals surface area contributed by atoms with Gasteiger partial charge in [0.1, 0.15) is 5.82 Å². The molecule has 1 atom stereocenters. The minimum absolute atomic E-state index is 0.145. The lowest BCUT2D eigenvalue weighted by molar-refractivity contribution is 0.329. The zero-order valence-electron chi connectivity index (χ0n) is 11.3. The van der Waals surface area contributed by atoms with Crippen LogP contribution < -0.4 is 5.32 Å². The van der Waals surface area contributed by atoms with Crippen LogP contribution in [0, 0.1) is 11.7 Å². The molecule has 0 amide bonds. The minimum Gasteiger partial charge on any atom is -0.310 e. The molecule has 2 heteroatoms. The Hall–Kier alpha value is -0.890. The second-order valence-electron chi connectivity index (χ2n) is 5.52. The third-order valence-electron chi connectivity index (χ3n) is 4.08. The highest BCUT2D eigenvalue weighted by Crippen LogP contribution is 2.26. The lowest BCUT2D eigenvalue weighted by Gasteiger charge is -2.22. The van der Waals surface area contributed by atoms with Crippen LogP contribution in [0.25, 0.3) is 0 Å². The molecular formula is C16H24FN. The summed E-state index contributed by atoms with van der Waals surface area (Å²) in [7, 11) is 0. The normalized spacial score (nSPS) is 18.8. The van der Waals surface area contributed by atoms with Gasteiger partial charge in [-0.15, -0.1) is 0 Å². The first-order valence-corrected chi connectivity index (χ1v) is 7.24. The second kappa shape index (κ2) is 6.89. The molecule has 0 aromatic heterocycles. The van der Waals surface area contributed by atoms with Crippen LogP contribution in [0.3, 0.4) is 0 Å². The molecule has 100 valence electrons. The summed E-state index contributed by atoms with van der Waals surface area (Å²) >= 11 is 0. The molecular weight excluding hydrogens is 225 g/mol. The van der Waals surface area contributed by atoms with E-state index in [9.17, 15) is 4.39 Å². The quantitative estimate of drug-likeness (QED) is 0.813. The molecule has 1 aromatic carbocycles. The molecule has 1 aromatic rings. The van der Waals surface area contributed by atoms with Gasteiger partial charge in [-0.1, -0.05) is 44.2 Å². The number of rotatable bonds is 5. The van der Waals surface area contributed by atoms with Gasteiger partial charge in [-0.3, -0.25) is 0 Å². The Morgan fingerprint density at radius 1 is 1.28 bits per heavy atom. The van der Waals surface area contributed by atoms with Gasteiger partial charge >= 0.3 is 0 Å². The van der Waals surface area contributed by atoms with E-state index in [1.165, 1.54) is 44.6 Å². The molecule has 2 rings (SSSR count). The molecule has 1 aliphatic rings. The van der Waals surface area contributed by atoms with Crippen molar-refractivity contribution in [3.63, 3.8) is 0 Å². The van der Waals surface area contributed by atoms with Gasteiger partial charge in [0.2, 0.25) is 0 Å². The van der Waals surface area contributed by atoms with Crippen LogP contribution in [-0.2, 0) is 0 Å². The maximum absolute atomic E-state index is 13.1. The van der Waals surface area contributed by atoms with E-state index in [1.807, 2.05) is 6.07 Å². The first-order valence-electron chi connectivity index (χ1n) is 7.24. The summed E-state index contributed by atoms with van der Waals surface area (Å²) < 4.78 is 13.1. The van der Waals surface area contributed by atoms with Crippen molar-refractivity contribution in [3.8, 4) is 0 Å². The fourth-order valence-electron chi connectivity index (χ4n) is 2.87. The molecule has 0 bridgehead atoms.